The highest BCUT2D eigenvalue weighted by atomic mass is 16.5. The van der Waals surface area contributed by atoms with Crippen molar-refractivity contribution >= 4 is 11.7 Å². The third-order valence-electron chi connectivity index (χ3n) is 4.31. The molecule has 0 aromatic carbocycles. The van der Waals surface area contributed by atoms with Crippen LogP contribution in [0.25, 0.3) is 0 Å². The first-order chi connectivity index (χ1) is 12.7. The van der Waals surface area contributed by atoms with Gasteiger partial charge in [-0.1, -0.05) is 6.92 Å². The minimum atomic E-state index is -0.0200. The Labute approximate surface area is 152 Å². The van der Waals surface area contributed by atoms with E-state index in [2.05, 4.69) is 26.3 Å². The summed E-state index contributed by atoms with van der Waals surface area (Å²) in [6.07, 6.45) is 6.32. The number of pyridine rings is 2. The van der Waals surface area contributed by atoms with Gasteiger partial charge in [0.1, 0.15) is 23.7 Å². The standard InChI is InChI=1S/C19H21N5O2/c1-2-18(25)23-11-15-5-8-21-12-17(15)26-16-6-9-24(13-16)19-14(10-20)4-3-7-22-19/h3-5,7-8,12,16H,2,6,9,11,13H2,1H3,(H,23,25)/t16-/m0/s1. The number of hydrogen-bond acceptors (Lipinski definition) is 6. The molecular formula is C19H21N5O2. The number of carbonyl (C=O) groups excluding carboxylic acids is 1. The highest BCUT2D eigenvalue weighted by molar-refractivity contribution is 5.75. The number of ether oxygens (including phenoxy) is 1. The number of aromatic nitrogens is 2. The fourth-order valence-corrected chi connectivity index (χ4v) is 2.91. The second kappa shape index (κ2) is 8.30. The van der Waals surface area contributed by atoms with E-state index in [4.69, 9.17) is 4.74 Å². The van der Waals surface area contributed by atoms with Crippen LogP contribution < -0.4 is 15.0 Å². The van der Waals surface area contributed by atoms with Gasteiger partial charge in [0.25, 0.3) is 0 Å². The number of nitriles is 1. The molecule has 3 rings (SSSR count). The minimum absolute atomic E-state index is 0.000936. The molecule has 0 bridgehead atoms. The van der Waals surface area contributed by atoms with Crippen LogP contribution in [0.3, 0.4) is 0 Å². The highest BCUT2D eigenvalue weighted by Gasteiger charge is 2.27. The second-order valence-corrected chi connectivity index (χ2v) is 6.07. The van der Waals surface area contributed by atoms with Crippen LogP contribution in [0.5, 0.6) is 5.75 Å². The average Bonchev–Trinajstić information content (AvgIpc) is 3.15. The van der Waals surface area contributed by atoms with Crippen molar-refractivity contribution in [2.24, 2.45) is 0 Å². The maximum atomic E-state index is 11.5. The van der Waals surface area contributed by atoms with Gasteiger partial charge < -0.3 is 15.0 Å². The molecule has 1 amide bonds. The van der Waals surface area contributed by atoms with Gasteiger partial charge >= 0.3 is 0 Å². The van der Waals surface area contributed by atoms with Crippen LogP contribution >= 0.6 is 0 Å². The van der Waals surface area contributed by atoms with E-state index >= 15 is 0 Å². The van der Waals surface area contributed by atoms with Crippen molar-refractivity contribution in [2.75, 3.05) is 18.0 Å². The average molecular weight is 351 g/mol. The summed E-state index contributed by atoms with van der Waals surface area (Å²) in [6, 6.07) is 7.57. The predicted octanol–water partition coefficient (Wildman–Crippen LogP) is 2.03. The van der Waals surface area contributed by atoms with E-state index < -0.39 is 0 Å². The first-order valence-corrected chi connectivity index (χ1v) is 8.67. The molecule has 1 aliphatic rings. The van der Waals surface area contributed by atoms with Gasteiger partial charge in [-0.2, -0.15) is 5.26 Å². The second-order valence-electron chi connectivity index (χ2n) is 6.07. The van der Waals surface area contributed by atoms with Gasteiger partial charge in [0.05, 0.1) is 18.3 Å². The Morgan fingerprint density at radius 2 is 2.35 bits per heavy atom. The summed E-state index contributed by atoms with van der Waals surface area (Å²) in [7, 11) is 0. The molecule has 1 saturated heterocycles. The van der Waals surface area contributed by atoms with Gasteiger partial charge in [0.2, 0.25) is 5.91 Å². The lowest BCUT2D eigenvalue weighted by Gasteiger charge is -2.19. The Morgan fingerprint density at radius 1 is 1.46 bits per heavy atom. The monoisotopic (exact) mass is 351 g/mol. The fraction of sp³-hybridized carbons (Fsp3) is 0.368. The molecule has 1 atom stereocenters. The molecule has 7 nitrogen and oxygen atoms in total. The molecule has 0 radical (unpaired) electrons. The summed E-state index contributed by atoms with van der Waals surface area (Å²) < 4.78 is 6.13. The van der Waals surface area contributed by atoms with Crippen molar-refractivity contribution in [3.8, 4) is 11.8 Å². The van der Waals surface area contributed by atoms with Crippen molar-refractivity contribution in [2.45, 2.75) is 32.4 Å². The normalized spacial score (nSPS) is 16.2. The van der Waals surface area contributed by atoms with Gasteiger partial charge in [0, 0.05) is 43.9 Å². The smallest absolute Gasteiger partial charge is 0.219 e. The molecule has 0 spiro atoms. The summed E-state index contributed by atoms with van der Waals surface area (Å²) >= 11 is 0. The quantitative estimate of drug-likeness (QED) is 0.856. The van der Waals surface area contributed by atoms with Crippen molar-refractivity contribution in [1.29, 1.82) is 5.26 Å². The van der Waals surface area contributed by atoms with Crippen LogP contribution in [0, 0.1) is 11.3 Å². The highest BCUT2D eigenvalue weighted by Crippen LogP contribution is 2.25. The molecule has 2 aromatic heterocycles. The maximum Gasteiger partial charge on any atom is 0.219 e. The van der Waals surface area contributed by atoms with Crippen LogP contribution in [-0.4, -0.2) is 35.1 Å². The molecule has 1 N–H and O–H groups in total. The molecule has 0 unspecified atom stereocenters. The molecule has 0 aliphatic carbocycles. The van der Waals surface area contributed by atoms with Crippen LogP contribution in [-0.2, 0) is 11.3 Å². The topological polar surface area (TPSA) is 91.1 Å². The Balaban J connectivity index is 1.66. The van der Waals surface area contributed by atoms with E-state index in [-0.39, 0.29) is 12.0 Å². The number of rotatable bonds is 6. The lowest BCUT2D eigenvalue weighted by molar-refractivity contribution is -0.120. The lowest BCUT2D eigenvalue weighted by Crippen LogP contribution is -2.27. The predicted molar refractivity (Wildman–Crippen MR) is 96.6 cm³/mol. The van der Waals surface area contributed by atoms with Gasteiger partial charge in [-0.05, 0) is 18.2 Å². The van der Waals surface area contributed by atoms with Crippen LogP contribution in [0.1, 0.15) is 30.9 Å². The molecule has 7 heteroatoms. The maximum absolute atomic E-state index is 11.5. The molecule has 134 valence electrons. The van der Waals surface area contributed by atoms with Gasteiger partial charge in [-0.25, -0.2) is 4.98 Å². The van der Waals surface area contributed by atoms with E-state index in [1.54, 1.807) is 30.7 Å². The number of nitrogens with zero attached hydrogens (tertiary/aromatic N) is 4. The number of amides is 1. The molecule has 26 heavy (non-hydrogen) atoms. The minimum Gasteiger partial charge on any atom is -0.487 e. The van der Waals surface area contributed by atoms with Crippen molar-refractivity contribution in [3.05, 3.63) is 47.9 Å². The molecule has 3 heterocycles. The number of hydrogen-bond donors (Lipinski definition) is 1. The first-order valence-electron chi connectivity index (χ1n) is 8.67. The summed E-state index contributed by atoms with van der Waals surface area (Å²) in [5, 5.41) is 12.1. The van der Waals surface area contributed by atoms with Crippen LogP contribution in [0.4, 0.5) is 5.82 Å². The Morgan fingerprint density at radius 3 is 3.15 bits per heavy atom. The Kier molecular flexibility index (Phi) is 5.64. The van der Waals surface area contributed by atoms with E-state index in [9.17, 15) is 10.1 Å². The van der Waals surface area contributed by atoms with Gasteiger partial charge in [-0.3, -0.25) is 9.78 Å². The molecule has 0 saturated carbocycles. The summed E-state index contributed by atoms with van der Waals surface area (Å²) in [4.78, 5) is 22.0. The number of nitrogens with one attached hydrogen (secondary N) is 1. The van der Waals surface area contributed by atoms with E-state index in [1.807, 2.05) is 13.0 Å². The zero-order valence-electron chi connectivity index (χ0n) is 14.7. The zero-order chi connectivity index (χ0) is 18.4. The summed E-state index contributed by atoms with van der Waals surface area (Å²) in [5.74, 6) is 1.37. The largest absolute Gasteiger partial charge is 0.487 e. The Hall–Kier alpha value is -3.14. The molecule has 1 fully saturated rings. The molecule has 2 aromatic rings. The molecule has 1 aliphatic heterocycles. The van der Waals surface area contributed by atoms with Crippen molar-refractivity contribution in [3.63, 3.8) is 0 Å². The van der Waals surface area contributed by atoms with Crippen molar-refractivity contribution < 1.29 is 9.53 Å². The third-order valence-corrected chi connectivity index (χ3v) is 4.31. The third kappa shape index (κ3) is 4.09. The van der Waals surface area contributed by atoms with E-state index in [0.717, 1.165) is 18.5 Å². The SMILES string of the molecule is CCC(=O)NCc1ccncc1O[C@H]1CCN(c2ncccc2C#N)C1. The van der Waals surface area contributed by atoms with Crippen LogP contribution in [0.15, 0.2) is 36.8 Å². The zero-order valence-corrected chi connectivity index (χ0v) is 14.7. The summed E-state index contributed by atoms with van der Waals surface area (Å²) in [5.41, 5.74) is 1.47. The van der Waals surface area contributed by atoms with Gasteiger partial charge in [-0.15, -0.1) is 0 Å². The number of anilines is 1. The van der Waals surface area contributed by atoms with E-state index in [1.165, 1.54) is 0 Å². The first kappa shape index (κ1) is 17.7. The van der Waals surface area contributed by atoms with E-state index in [0.29, 0.717) is 36.6 Å². The Bertz CT molecular complexity index is 818. The lowest BCUT2D eigenvalue weighted by atomic mass is 10.2. The van der Waals surface area contributed by atoms with Crippen LogP contribution in [0.2, 0.25) is 0 Å². The fourth-order valence-electron chi connectivity index (χ4n) is 2.91. The number of carbonyl (C=O) groups is 1. The van der Waals surface area contributed by atoms with Crippen molar-refractivity contribution in [1.82, 2.24) is 15.3 Å². The van der Waals surface area contributed by atoms with Gasteiger partial charge in [0.15, 0.2) is 0 Å². The molecular weight excluding hydrogens is 330 g/mol. The summed E-state index contributed by atoms with van der Waals surface area (Å²) in [6.45, 7) is 3.67.